The molecule has 0 aliphatic carbocycles. The number of hydrogen-bond donors (Lipinski definition) is 0. The molecule has 0 radical (unpaired) electrons. The van der Waals surface area contributed by atoms with Crippen molar-refractivity contribution in [3.63, 3.8) is 0 Å². The Morgan fingerprint density at radius 2 is 2.21 bits per heavy atom. The second-order valence-electron chi connectivity index (χ2n) is 4.39. The molecule has 4 nitrogen and oxygen atoms in total. The number of benzene rings is 1. The predicted molar refractivity (Wildman–Crippen MR) is 74.4 cm³/mol. The number of thioether (sulfide) groups is 1. The van der Waals surface area contributed by atoms with Crippen molar-refractivity contribution in [3.8, 4) is 11.5 Å². The average molecular weight is 297 g/mol. The Morgan fingerprint density at radius 1 is 1.32 bits per heavy atom. The molecule has 1 aliphatic heterocycles. The third-order valence-electron chi connectivity index (χ3n) is 2.98. The van der Waals surface area contributed by atoms with E-state index in [4.69, 9.17) is 20.8 Å². The summed E-state index contributed by atoms with van der Waals surface area (Å²) in [4.78, 5) is 0. The summed E-state index contributed by atoms with van der Waals surface area (Å²) >= 11 is 7.67. The zero-order valence-corrected chi connectivity index (χ0v) is 11.8. The third kappa shape index (κ3) is 3.11. The van der Waals surface area contributed by atoms with Crippen LogP contribution >= 0.6 is 23.4 Å². The molecule has 1 aromatic heterocycles. The van der Waals surface area contributed by atoms with Crippen LogP contribution in [0, 0.1) is 5.92 Å². The lowest BCUT2D eigenvalue weighted by Gasteiger charge is -2.02. The number of nitrogens with zero attached hydrogens (tertiary/aromatic N) is 2. The van der Waals surface area contributed by atoms with Crippen LogP contribution in [0.3, 0.4) is 0 Å². The minimum Gasteiger partial charge on any atom is -0.411 e. The number of rotatable bonds is 4. The summed E-state index contributed by atoms with van der Waals surface area (Å²) < 4.78 is 11.0. The fraction of sp³-hybridized carbons (Fsp3) is 0.385. The van der Waals surface area contributed by atoms with Crippen LogP contribution in [0.25, 0.3) is 11.5 Å². The Bertz CT molecular complexity index is 555. The Labute approximate surface area is 120 Å². The van der Waals surface area contributed by atoms with Gasteiger partial charge in [0.1, 0.15) is 0 Å². The molecule has 0 unspecified atom stereocenters. The fourth-order valence-electron chi connectivity index (χ4n) is 1.92. The van der Waals surface area contributed by atoms with Crippen molar-refractivity contribution in [1.82, 2.24) is 10.2 Å². The highest BCUT2D eigenvalue weighted by Crippen LogP contribution is 2.30. The number of ether oxygens (including phenoxy) is 1. The number of hydrogen-bond acceptors (Lipinski definition) is 5. The molecule has 0 amide bonds. The van der Waals surface area contributed by atoms with E-state index in [9.17, 15) is 0 Å². The van der Waals surface area contributed by atoms with Crippen LogP contribution in [0.2, 0.25) is 5.02 Å². The van der Waals surface area contributed by atoms with E-state index in [1.807, 2.05) is 24.3 Å². The van der Waals surface area contributed by atoms with Crippen LogP contribution in [0.4, 0.5) is 0 Å². The van der Waals surface area contributed by atoms with Gasteiger partial charge in [0.2, 0.25) is 5.89 Å². The molecule has 0 N–H and O–H groups in total. The highest BCUT2D eigenvalue weighted by Gasteiger charge is 2.18. The van der Waals surface area contributed by atoms with E-state index in [1.54, 1.807) is 11.8 Å². The highest BCUT2D eigenvalue weighted by molar-refractivity contribution is 7.99. The van der Waals surface area contributed by atoms with Gasteiger partial charge in [0, 0.05) is 12.4 Å². The lowest BCUT2D eigenvalue weighted by Crippen LogP contribution is -2.01. The summed E-state index contributed by atoms with van der Waals surface area (Å²) in [5.41, 5.74) is 0.771. The van der Waals surface area contributed by atoms with Crippen LogP contribution in [-0.2, 0) is 4.74 Å². The van der Waals surface area contributed by atoms with Crippen LogP contribution in [-0.4, -0.2) is 29.2 Å². The van der Waals surface area contributed by atoms with Gasteiger partial charge >= 0.3 is 0 Å². The van der Waals surface area contributed by atoms with Crippen LogP contribution in [0.15, 0.2) is 33.9 Å². The normalized spacial score (nSPS) is 18.9. The first-order chi connectivity index (χ1) is 9.33. The fourth-order valence-corrected chi connectivity index (χ4v) is 3.01. The Morgan fingerprint density at radius 3 is 3.00 bits per heavy atom. The monoisotopic (exact) mass is 296 g/mol. The van der Waals surface area contributed by atoms with Gasteiger partial charge in [-0.05, 0) is 24.5 Å². The van der Waals surface area contributed by atoms with Gasteiger partial charge < -0.3 is 9.15 Å². The van der Waals surface area contributed by atoms with Crippen molar-refractivity contribution >= 4 is 23.4 Å². The lowest BCUT2D eigenvalue weighted by atomic mass is 10.2. The third-order valence-corrected chi connectivity index (χ3v) is 4.36. The van der Waals surface area contributed by atoms with Crippen molar-refractivity contribution in [2.45, 2.75) is 11.6 Å². The highest BCUT2D eigenvalue weighted by atomic mass is 35.5. The topological polar surface area (TPSA) is 48.2 Å². The molecule has 1 saturated heterocycles. The largest absolute Gasteiger partial charge is 0.411 e. The van der Waals surface area contributed by atoms with Gasteiger partial charge in [-0.2, -0.15) is 0 Å². The summed E-state index contributed by atoms with van der Waals surface area (Å²) in [6.07, 6.45) is 1.11. The van der Waals surface area contributed by atoms with Crippen molar-refractivity contribution < 1.29 is 9.15 Å². The molecule has 2 heterocycles. The van der Waals surface area contributed by atoms with Gasteiger partial charge in [0.05, 0.1) is 17.2 Å². The van der Waals surface area contributed by atoms with Crippen LogP contribution < -0.4 is 0 Å². The van der Waals surface area contributed by atoms with Gasteiger partial charge in [0.15, 0.2) is 0 Å². The van der Waals surface area contributed by atoms with Crippen molar-refractivity contribution in [1.29, 1.82) is 0 Å². The average Bonchev–Trinajstić information content (AvgIpc) is 3.08. The summed E-state index contributed by atoms with van der Waals surface area (Å²) in [6, 6.07) is 7.45. The van der Waals surface area contributed by atoms with Crippen molar-refractivity contribution in [3.05, 3.63) is 29.3 Å². The SMILES string of the molecule is Clc1ccccc1-c1nnc(SC[C@H]2CCOC2)o1. The van der Waals surface area contributed by atoms with E-state index in [1.165, 1.54) is 0 Å². The smallest absolute Gasteiger partial charge is 0.276 e. The molecule has 1 aliphatic rings. The molecule has 100 valence electrons. The van der Waals surface area contributed by atoms with Crippen LogP contribution in [0.5, 0.6) is 0 Å². The maximum atomic E-state index is 6.10. The number of halogens is 1. The molecule has 0 saturated carbocycles. The summed E-state index contributed by atoms with van der Waals surface area (Å²) in [6.45, 7) is 1.69. The standard InChI is InChI=1S/C13H13ClN2O2S/c14-11-4-2-1-3-10(11)12-15-16-13(18-12)19-8-9-5-6-17-7-9/h1-4,9H,5-8H2/t9-/m0/s1. The maximum Gasteiger partial charge on any atom is 0.276 e. The van der Waals surface area contributed by atoms with E-state index in [2.05, 4.69) is 10.2 Å². The van der Waals surface area contributed by atoms with E-state index in [-0.39, 0.29) is 0 Å². The summed E-state index contributed by atoms with van der Waals surface area (Å²) in [5.74, 6) is 2.00. The van der Waals surface area contributed by atoms with Crippen molar-refractivity contribution in [2.24, 2.45) is 5.92 Å². The van der Waals surface area contributed by atoms with Gasteiger partial charge in [-0.25, -0.2) is 0 Å². The van der Waals surface area contributed by atoms with E-state index in [0.717, 1.165) is 31.0 Å². The molecule has 3 rings (SSSR count). The van der Waals surface area contributed by atoms with Gasteiger partial charge in [-0.1, -0.05) is 35.5 Å². The molecule has 6 heteroatoms. The maximum absolute atomic E-state index is 6.10. The zero-order chi connectivity index (χ0) is 13.1. The van der Waals surface area contributed by atoms with Gasteiger partial charge in [-0.3, -0.25) is 0 Å². The first-order valence-corrected chi connectivity index (χ1v) is 7.48. The van der Waals surface area contributed by atoms with E-state index >= 15 is 0 Å². The first-order valence-electron chi connectivity index (χ1n) is 6.12. The Kier molecular flexibility index (Phi) is 4.06. The molecule has 1 fully saturated rings. The van der Waals surface area contributed by atoms with Crippen LogP contribution in [0.1, 0.15) is 6.42 Å². The van der Waals surface area contributed by atoms with E-state index in [0.29, 0.717) is 22.1 Å². The molecule has 0 bridgehead atoms. The minimum absolute atomic E-state index is 0.468. The van der Waals surface area contributed by atoms with Crippen molar-refractivity contribution in [2.75, 3.05) is 19.0 Å². The Hall–Kier alpha value is -1.04. The zero-order valence-electron chi connectivity index (χ0n) is 10.2. The predicted octanol–water partition coefficient (Wildman–Crippen LogP) is 3.52. The lowest BCUT2D eigenvalue weighted by molar-refractivity contribution is 0.189. The quantitative estimate of drug-likeness (QED) is 0.808. The molecule has 19 heavy (non-hydrogen) atoms. The first kappa shape index (κ1) is 13.0. The molecular formula is C13H13ClN2O2S. The molecule has 2 aromatic rings. The molecular weight excluding hydrogens is 284 g/mol. The molecule has 0 spiro atoms. The van der Waals surface area contributed by atoms with E-state index < -0.39 is 0 Å². The molecule has 1 aromatic carbocycles. The van der Waals surface area contributed by atoms with Gasteiger partial charge in [0.25, 0.3) is 5.22 Å². The minimum atomic E-state index is 0.468. The summed E-state index contributed by atoms with van der Waals surface area (Å²) in [5, 5.41) is 9.28. The van der Waals surface area contributed by atoms with Gasteiger partial charge in [-0.15, -0.1) is 10.2 Å². The Balaban J connectivity index is 1.67. The summed E-state index contributed by atoms with van der Waals surface area (Å²) in [7, 11) is 0. The molecule has 1 atom stereocenters. The second-order valence-corrected chi connectivity index (χ2v) is 5.77. The second kappa shape index (κ2) is 5.94. The number of aromatic nitrogens is 2.